The van der Waals surface area contributed by atoms with Crippen molar-refractivity contribution in [2.75, 3.05) is 18.5 Å². The maximum absolute atomic E-state index is 12.2. The van der Waals surface area contributed by atoms with Crippen molar-refractivity contribution in [3.8, 4) is 11.1 Å². The number of carboxylic acid groups (broad SMARTS) is 1. The molecule has 1 atom stereocenters. The first-order valence-corrected chi connectivity index (χ1v) is 12.3. The highest BCUT2D eigenvalue weighted by molar-refractivity contribution is 5.90. The maximum Gasteiger partial charge on any atom is 0.407 e. The number of rotatable bonds is 10. The van der Waals surface area contributed by atoms with Crippen molar-refractivity contribution in [2.45, 2.75) is 57.9 Å². The van der Waals surface area contributed by atoms with Gasteiger partial charge in [-0.05, 0) is 54.0 Å². The SMILES string of the molecule is CCCNC(=O)Nc1cccc(-c2ccc(C[C@H](NC(=O)OCC3CCCCC3)C(=O)O)cc2)c1. The Bertz CT molecular complexity index is 987. The molecule has 3 amide bonds. The standard InChI is InChI=1S/C27H35N3O5/c1-2-15-28-26(33)29-23-10-6-9-22(17-23)21-13-11-19(12-14-21)16-24(25(31)32)30-27(34)35-18-20-7-4-3-5-8-20/h6,9-14,17,20,24H,2-5,7-8,15-16,18H2,1H3,(H,30,34)(H,31,32)(H2,28,29,33)/t24-/m0/s1. The molecule has 2 aromatic rings. The van der Waals surface area contributed by atoms with Crippen LogP contribution in [0.2, 0.25) is 0 Å². The van der Waals surface area contributed by atoms with Gasteiger partial charge >= 0.3 is 18.1 Å². The monoisotopic (exact) mass is 481 g/mol. The molecule has 1 aliphatic rings. The number of amides is 3. The van der Waals surface area contributed by atoms with Crippen LogP contribution in [-0.4, -0.2) is 42.4 Å². The molecule has 8 nitrogen and oxygen atoms in total. The van der Waals surface area contributed by atoms with Crippen LogP contribution in [0.5, 0.6) is 0 Å². The van der Waals surface area contributed by atoms with Crippen LogP contribution >= 0.6 is 0 Å². The number of carbonyl (C=O) groups is 3. The Morgan fingerprint density at radius 1 is 1.03 bits per heavy atom. The number of hydrogen-bond donors (Lipinski definition) is 4. The first-order chi connectivity index (χ1) is 16.9. The van der Waals surface area contributed by atoms with Gasteiger partial charge in [0.15, 0.2) is 0 Å². The van der Waals surface area contributed by atoms with Gasteiger partial charge in [-0.3, -0.25) is 0 Å². The van der Waals surface area contributed by atoms with Crippen LogP contribution in [-0.2, 0) is 16.0 Å². The largest absolute Gasteiger partial charge is 0.480 e. The number of ether oxygens (including phenoxy) is 1. The molecule has 0 unspecified atom stereocenters. The van der Waals surface area contributed by atoms with Gasteiger partial charge in [0.1, 0.15) is 6.04 Å². The van der Waals surface area contributed by atoms with Crippen molar-refractivity contribution in [1.29, 1.82) is 0 Å². The maximum atomic E-state index is 12.2. The quantitative estimate of drug-likeness (QED) is 0.373. The van der Waals surface area contributed by atoms with E-state index in [-0.39, 0.29) is 12.5 Å². The number of alkyl carbamates (subject to hydrolysis) is 1. The summed E-state index contributed by atoms with van der Waals surface area (Å²) in [6, 6.07) is 13.7. The van der Waals surface area contributed by atoms with E-state index >= 15 is 0 Å². The molecule has 3 rings (SSSR count). The molecule has 0 spiro atoms. The molecule has 0 heterocycles. The Labute approximate surface area is 206 Å². The van der Waals surface area contributed by atoms with Gasteiger partial charge in [0.05, 0.1) is 6.61 Å². The third kappa shape index (κ3) is 8.63. The minimum Gasteiger partial charge on any atom is -0.480 e. The average Bonchev–Trinajstić information content (AvgIpc) is 2.87. The van der Waals surface area contributed by atoms with Crippen molar-refractivity contribution in [3.05, 3.63) is 54.1 Å². The lowest BCUT2D eigenvalue weighted by molar-refractivity contribution is -0.139. The molecule has 35 heavy (non-hydrogen) atoms. The topological polar surface area (TPSA) is 117 Å². The fraction of sp³-hybridized carbons (Fsp3) is 0.444. The molecule has 1 saturated carbocycles. The number of anilines is 1. The fourth-order valence-electron chi connectivity index (χ4n) is 4.19. The van der Waals surface area contributed by atoms with Crippen LogP contribution in [0.4, 0.5) is 15.3 Å². The van der Waals surface area contributed by atoms with Gasteiger partial charge in [-0.2, -0.15) is 0 Å². The second kappa shape index (κ2) is 13.4. The summed E-state index contributed by atoms with van der Waals surface area (Å²) in [4.78, 5) is 35.8. The highest BCUT2D eigenvalue weighted by atomic mass is 16.5. The Hall–Kier alpha value is -3.55. The number of nitrogens with one attached hydrogen (secondary N) is 3. The molecule has 8 heteroatoms. The summed E-state index contributed by atoms with van der Waals surface area (Å²) in [6.45, 7) is 2.93. The van der Waals surface area contributed by atoms with E-state index in [1.807, 2.05) is 55.5 Å². The zero-order valence-corrected chi connectivity index (χ0v) is 20.2. The van der Waals surface area contributed by atoms with Gasteiger partial charge in [0.25, 0.3) is 0 Å². The van der Waals surface area contributed by atoms with E-state index in [0.717, 1.165) is 48.8 Å². The smallest absolute Gasteiger partial charge is 0.407 e. The molecule has 0 saturated heterocycles. The predicted molar refractivity (Wildman–Crippen MR) is 135 cm³/mol. The summed E-state index contributed by atoms with van der Waals surface area (Å²) in [5.41, 5.74) is 3.31. The lowest BCUT2D eigenvalue weighted by Crippen LogP contribution is -2.43. The second-order valence-corrected chi connectivity index (χ2v) is 9.00. The third-order valence-electron chi connectivity index (χ3n) is 6.15. The van der Waals surface area contributed by atoms with Crippen molar-refractivity contribution < 1.29 is 24.2 Å². The average molecular weight is 482 g/mol. The molecule has 0 bridgehead atoms. The van der Waals surface area contributed by atoms with Crippen molar-refractivity contribution in [2.24, 2.45) is 5.92 Å². The van der Waals surface area contributed by atoms with E-state index < -0.39 is 18.1 Å². The van der Waals surface area contributed by atoms with Crippen LogP contribution in [0.25, 0.3) is 11.1 Å². The van der Waals surface area contributed by atoms with E-state index in [1.165, 1.54) is 6.42 Å². The number of aliphatic carboxylic acids is 1. The molecule has 188 valence electrons. The van der Waals surface area contributed by atoms with Crippen LogP contribution in [0.15, 0.2) is 48.5 Å². The van der Waals surface area contributed by atoms with Gasteiger partial charge < -0.3 is 25.8 Å². The number of benzene rings is 2. The zero-order chi connectivity index (χ0) is 25.0. The minimum absolute atomic E-state index is 0.146. The summed E-state index contributed by atoms with van der Waals surface area (Å²) in [6.07, 6.45) is 5.94. The zero-order valence-electron chi connectivity index (χ0n) is 20.2. The molecule has 0 aliphatic heterocycles. The summed E-state index contributed by atoms with van der Waals surface area (Å²) in [5.74, 6) is -0.742. The van der Waals surface area contributed by atoms with E-state index in [2.05, 4.69) is 16.0 Å². The van der Waals surface area contributed by atoms with E-state index in [4.69, 9.17) is 4.74 Å². The lowest BCUT2D eigenvalue weighted by atomic mass is 9.90. The molecular formula is C27H35N3O5. The number of carboxylic acids is 1. The fourth-order valence-corrected chi connectivity index (χ4v) is 4.19. The van der Waals surface area contributed by atoms with E-state index in [9.17, 15) is 19.5 Å². The first kappa shape index (κ1) is 26.1. The predicted octanol–water partition coefficient (Wildman–Crippen LogP) is 5.19. The third-order valence-corrected chi connectivity index (χ3v) is 6.15. The van der Waals surface area contributed by atoms with E-state index in [1.54, 1.807) is 0 Å². The molecule has 2 aromatic carbocycles. The number of carbonyl (C=O) groups excluding carboxylic acids is 2. The summed E-state index contributed by atoms with van der Waals surface area (Å²) >= 11 is 0. The second-order valence-electron chi connectivity index (χ2n) is 9.00. The van der Waals surface area contributed by atoms with Crippen LogP contribution in [0.3, 0.4) is 0 Å². The van der Waals surface area contributed by atoms with Gasteiger partial charge in [-0.25, -0.2) is 14.4 Å². The van der Waals surface area contributed by atoms with Crippen molar-refractivity contribution >= 4 is 23.8 Å². The molecule has 0 radical (unpaired) electrons. The Morgan fingerprint density at radius 3 is 2.46 bits per heavy atom. The normalized spacial score (nSPS) is 14.5. The van der Waals surface area contributed by atoms with Crippen LogP contribution in [0, 0.1) is 5.92 Å². The van der Waals surface area contributed by atoms with Gasteiger partial charge in [-0.1, -0.05) is 62.6 Å². The molecule has 0 aromatic heterocycles. The Kier molecular flexibility index (Phi) is 9.95. The van der Waals surface area contributed by atoms with Gasteiger partial charge in [0, 0.05) is 18.7 Å². The van der Waals surface area contributed by atoms with Crippen LogP contribution < -0.4 is 16.0 Å². The highest BCUT2D eigenvalue weighted by Crippen LogP contribution is 2.24. The molecule has 1 fully saturated rings. The van der Waals surface area contributed by atoms with Crippen LogP contribution in [0.1, 0.15) is 51.0 Å². The Morgan fingerprint density at radius 2 is 1.77 bits per heavy atom. The molecule has 4 N–H and O–H groups in total. The van der Waals surface area contributed by atoms with Crippen molar-refractivity contribution in [3.63, 3.8) is 0 Å². The lowest BCUT2D eigenvalue weighted by Gasteiger charge is -2.22. The minimum atomic E-state index is -1.11. The Balaban J connectivity index is 1.55. The number of urea groups is 1. The molecule has 1 aliphatic carbocycles. The summed E-state index contributed by atoms with van der Waals surface area (Å²) < 4.78 is 5.29. The van der Waals surface area contributed by atoms with Gasteiger partial charge in [-0.15, -0.1) is 0 Å². The summed E-state index contributed by atoms with van der Waals surface area (Å²) in [5, 5.41) is 17.7. The van der Waals surface area contributed by atoms with E-state index in [0.29, 0.717) is 24.8 Å². The summed E-state index contributed by atoms with van der Waals surface area (Å²) in [7, 11) is 0. The first-order valence-electron chi connectivity index (χ1n) is 12.3. The molecular weight excluding hydrogens is 446 g/mol. The van der Waals surface area contributed by atoms with Crippen molar-refractivity contribution in [1.82, 2.24) is 10.6 Å². The highest BCUT2D eigenvalue weighted by Gasteiger charge is 2.22. The number of hydrogen-bond acceptors (Lipinski definition) is 4. The van der Waals surface area contributed by atoms with Gasteiger partial charge in [0.2, 0.25) is 0 Å².